The van der Waals surface area contributed by atoms with Crippen LogP contribution in [0.5, 0.6) is 0 Å². The summed E-state index contributed by atoms with van der Waals surface area (Å²) < 4.78 is 89.1. The fraction of sp³-hybridized carbons (Fsp3) is 0.143. The van der Waals surface area contributed by atoms with Crippen LogP contribution in [0, 0.1) is 6.92 Å². The number of alkyl halides is 3. The molecule has 142 valence electrons. The number of nitrogen functional groups attached to an aromatic ring is 1. The van der Waals surface area contributed by atoms with E-state index in [0.29, 0.717) is 17.7 Å². The summed E-state index contributed by atoms with van der Waals surface area (Å²) in [6.45, 7) is 1.44. The Morgan fingerprint density at radius 2 is 1.54 bits per heavy atom. The number of aryl methyl sites for hydroxylation is 1. The zero-order valence-corrected chi connectivity index (χ0v) is 15.4. The second kappa shape index (κ2) is 6.41. The van der Waals surface area contributed by atoms with Crippen molar-refractivity contribution in [2.45, 2.75) is 27.8 Å². The molecule has 0 heterocycles. The maximum absolute atomic E-state index is 13.3. The van der Waals surface area contributed by atoms with Gasteiger partial charge in [-0.25, -0.2) is 22.0 Å². The van der Waals surface area contributed by atoms with Crippen molar-refractivity contribution in [2.75, 3.05) is 5.73 Å². The number of benzene rings is 2. The van der Waals surface area contributed by atoms with Crippen LogP contribution in [0.4, 0.5) is 18.9 Å². The van der Waals surface area contributed by atoms with Crippen molar-refractivity contribution in [1.82, 2.24) is 0 Å². The zero-order valence-electron chi connectivity index (χ0n) is 13.0. The SMILES string of the molecule is Cc1ccc(S(N)(=O)=O)c(S(=O)(=O)c2cc(Cl)c(N)cc2C(F)(F)F)c1. The van der Waals surface area contributed by atoms with E-state index in [2.05, 4.69) is 0 Å². The van der Waals surface area contributed by atoms with Crippen LogP contribution in [0.2, 0.25) is 5.02 Å². The van der Waals surface area contributed by atoms with Crippen molar-refractivity contribution in [3.63, 3.8) is 0 Å². The Balaban J connectivity index is 2.95. The molecular weight excluding hydrogens is 417 g/mol. The van der Waals surface area contributed by atoms with E-state index < -0.39 is 57.0 Å². The molecule has 2 aromatic rings. The van der Waals surface area contributed by atoms with Crippen LogP contribution in [-0.2, 0) is 26.0 Å². The van der Waals surface area contributed by atoms with E-state index in [9.17, 15) is 30.0 Å². The van der Waals surface area contributed by atoms with E-state index in [1.807, 2.05) is 0 Å². The third kappa shape index (κ3) is 3.80. The Hall–Kier alpha value is -1.82. The lowest BCUT2D eigenvalue weighted by molar-refractivity contribution is -0.139. The Kier molecular flexibility index (Phi) is 5.05. The maximum Gasteiger partial charge on any atom is 0.417 e. The molecule has 2 rings (SSSR count). The number of anilines is 1. The van der Waals surface area contributed by atoms with E-state index in [1.165, 1.54) is 13.0 Å². The number of sulfone groups is 1. The third-order valence-corrected chi connectivity index (χ3v) is 6.65. The molecule has 0 radical (unpaired) electrons. The second-order valence-electron chi connectivity index (χ2n) is 5.37. The molecule has 0 saturated carbocycles. The van der Waals surface area contributed by atoms with Crippen molar-refractivity contribution < 1.29 is 30.0 Å². The number of nitrogens with two attached hydrogens (primary N) is 2. The third-order valence-electron chi connectivity index (χ3n) is 3.39. The van der Waals surface area contributed by atoms with Gasteiger partial charge in [-0.15, -0.1) is 0 Å². The van der Waals surface area contributed by atoms with Crippen molar-refractivity contribution in [2.24, 2.45) is 5.14 Å². The van der Waals surface area contributed by atoms with Gasteiger partial charge in [-0.2, -0.15) is 13.2 Å². The first-order chi connectivity index (χ1) is 11.7. The average molecular weight is 429 g/mol. The van der Waals surface area contributed by atoms with Gasteiger partial charge in [0.1, 0.15) is 4.90 Å². The summed E-state index contributed by atoms with van der Waals surface area (Å²) in [6.07, 6.45) is -5.08. The predicted octanol–water partition coefficient (Wildman–Crippen LogP) is 2.73. The van der Waals surface area contributed by atoms with Gasteiger partial charge in [0, 0.05) is 0 Å². The van der Waals surface area contributed by atoms with Crippen LogP contribution in [0.3, 0.4) is 0 Å². The van der Waals surface area contributed by atoms with Crippen LogP contribution in [0.15, 0.2) is 45.0 Å². The van der Waals surface area contributed by atoms with Crippen molar-refractivity contribution in [3.05, 3.63) is 46.5 Å². The molecule has 0 aliphatic carbocycles. The first kappa shape index (κ1) is 20.5. The normalized spacial score (nSPS) is 13.0. The zero-order chi connectivity index (χ0) is 20.1. The lowest BCUT2D eigenvalue weighted by atomic mass is 10.2. The molecule has 0 aliphatic rings. The van der Waals surface area contributed by atoms with Gasteiger partial charge < -0.3 is 5.73 Å². The molecule has 0 atom stereocenters. The van der Waals surface area contributed by atoms with Crippen LogP contribution >= 0.6 is 11.6 Å². The first-order valence-corrected chi connectivity index (χ1v) is 10.1. The van der Waals surface area contributed by atoms with E-state index in [0.717, 1.165) is 12.1 Å². The number of rotatable bonds is 3. The van der Waals surface area contributed by atoms with Crippen molar-refractivity contribution in [1.29, 1.82) is 0 Å². The monoisotopic (exact) mass is 428 g/mol. The van der Waals surface area contributed by atoms with Crippen LogP contribution < -0.4 is 10.9 Å². The van der Waals surface area contributed by atoms with Gasteiger partial charge in [-0.3, -0.25) is 0 Å². The van der Waals surface area contributed by atoms with Crippen molar-refractivity contribution >= 4 is 37.1 Å². The fourth-order valence-electron chi connectivity index (χ4n) is 2.19. The van der Waals surface area contributed by atoms with E-state index >= 15 is 0 Å². The van der Waals surface area contributed by atoms with Crippen LogP contribution in [0.1, 0.15) is 11.1 Å². The largest absolute Gasteiger partial charge is 0.417 e. The molecule has 0 amide bonds. The summed E-state index contributed by atoms with van der Waals surface area (Å²) in [6, 6.07) is 3.99. The Labute approximate surface area is 152 Å². The topological polar surface area (TPSA) is 120 Å². The minimum absolute atomic E-state index is 0.297. The van der Waals surface area contributed by atoms with Gasteiger partial charge in [0.15, 0.2) is 0 Å². The molecule has 4 N–H and O–H groups in total. The predicted molar refractivity (Wildman–Crippen MR) is 88.9 cm³/mol. The van der Waals surface area contributed by atoms with Gasteiger partial charge in [-0.05, 0) is 36.8 Å². The van der Waals surface area contributed by atoms with Gasteiger partial charge in [0.25, 0.3) is 0 Å². The lowest BCUT2D eigenvalue weighted by Crippen LogP contribution is -2.19. The van der Waals surface area contributed by atoms with E-state index in [-0.39, 0.29) is 0 Å². The minimum Gasteiger partial charge on any atom is -0.398 e. The number of hydrogen-bond acceptors (Lipinski definition) is 5. The number of hydrogen-bond donors (Lipinski definition) is 2. The van der Waals surface area contributed by atoms with Gasteiger partial charge in [0.05, 0.1) is 26.1 Å². The number of primary sulfonamides is 1. The molecule has 26 heavy (non-hydrogen) atoms. The summed E-state index contributed by atoms with van der Waals surface area (Å²) in [5.74, 6) is 0. The van der Waals surface area contributed by atoms with E-state index in [4.69, 9.17) is 22.5 Å². The first-order valence-electron chi connectivity index (χ1n) is 6.70. The Morgan fingerprint density at radius 1 is 0.962 bits per heavy atom. The molecule has 2 aromatic carbocycles. The molecule has 0 aromatic heterocycles. The minimum atomic E-state index is -5.08. The highest BCUT2D eigenvalue weighted by molar-refractivity contribution is 7.93. The van der Waals surface area contributed by atoms with Crippen LogP contribution in [0.25, 0.3) is 0 Å². The van der Waals surface area contributed by atoms with Gasteiger partial charge in [-0.1, -0.05) is 17.7 Å². The molecule has 6 nitrogen and oxygen atoms in total. The highest BCUT2D eigenvalue weighted by atomic mass is 35.5. The molecule has 12 heteroatoms. The highest BCUT2D eigenvalue weighted by Crippen LogP contribution is 2.41. The molecule has 0 bridgehead atoms. The Morgan fingerprint density at radius 3 is 2.04 bits per heavy atom. The molecule has 0 unspecified atom stereocenters. The molecule has 0 aliphatic heterocycles. The van der Waals surface area contributed by atoms with Gasteiger partial charge in [0.2, 0.25) is 19.9 Å². The smallest absolute Gasteiger partial charge is 0.398 e. The average Bonchev–Trinajstić information content (AvgIpc) is 2.47. The van der Waals surface area contributed by atoms with Gasteiger partial charge >= 0.3 is 6.18 Å². The molecule has 0 fully saturated rings. The summed E-state index contributed by atoms with van der Waals surface area (Å²) in [4.78, 5) is -2.93. The summed E-state index contributed by atoms with van der Waals surface area (Å²) >= 11 is 5.69. The fourth-order valence-corrected chi connectivity index (χ4v) is 5.35. The second-order valence-corrected chi connectivity index (χ2v) is 9.19. The van der Waals surface area contributed by atoms with Crippen molar-refractivity contribution in [3.8, 4) is 0 Å². The maximum atomic E-state index is 13.3. The standard InChI is InChI=1S/C14H12ClF3N2O4S2/c1-7-2-3-11(26(20,23)24)13(4-7)25(21,22)12-6-9(15)10(19)5-8(12)14(16,17)18/h2-6H,19H2,1H3,(H2,20,23,24). The summed E-state index contributed by atoms with van der Waals surface area (Å²) in [5.41, 5.74) is 3.60. The number of halogens is 4. The number of sulfonamides is 1. The quantitative estimate of drug-likeness (QED) is 0.728. The summed E-state index contributed by atoms with van der Waals surface area (Å²) in [5, 5.41) is 4.57. The van der Waals surface area contributed by atoms with Crippen LogP contribution in [-0.4, -0.2) is 16.8 Å². The molecule has 0 spiro atoms. The lowest BCUT2D eigenvalue weighted by Gasteiger charge is -2.16. The summed E-state index contributed by atoms with van der Waals surface area (Å²) in [7, 11) is -9.47. The molecular formula is C14H12ClF3N2O4S2. The van der Waals surface area contributed by atoms with E-state index in [1.54, 1.807) is 0 Å². The molecule has 0 saturated heterocycles. The highest BCUT2D eigenvalue weighted by Gasteiger charge is 2.39. The Bertz CT molecular complexity index is 1100.